The fourth-order valence-electron chi connectivity index (χ4n) is 5.34. The maximum absolute atomic E-state index is 12.5. The van der Waals surface area contributed by atoms with Gasteiger partial charge in [0, 0.05) is 19.6 Å². The fraction of sp³-hybridized carbons (Fsp3) is 0.780. The summed E-state index contributed by atoms with van der Waals surface area (Å²) in [4.78, 5) is 22.4. The lowest BCUT2D eigenvalue weighted by Gasteiger charge is -2.20. The molecule has 0 aromatic heterocycles. The molecule has 3 N–H and O–H groups in total. The molecule has 0 aromatic rings. The van der Waals surface area contributed by atoms with Gasteiger partial charge in [-0.1, -0.05) is 159 Å². The predicted octanol–water partition coefficient (Wildman–Crippen LogP) is 11.6. The minimum absolute atomic E-state index is 0.0970. The van der Waals surface area contributed by atoms with Crippen LogP contribution >= 0.6 is 7.82 Å². The Morgan fingerprint density at radius 2 is 1.12 bits per heavy atom. The summed E-state index contributed by atoms with van der Waals surface area (Å²) in [6.07, 6.45) is 44.0. The van der Waals surface area contributed by atoms with Gasteiger partial charge in [0.1, 0.15) is 6.10 Å². The molecule has 2 unspecified atom stereocenters. The Morgan fingerprint density at radius 1 is 0.620 bits per heavy atom. The van der Waals surface area contributed by atoms with E-state index in [1.807, 2.05) is 0 Å². The van der Waals surface area contributed by atoms with E-state index in [4.69, 9.17) is 24.3 Å². The summed E-state index contributed by atoms with van der Waals surface area (Å²) in [5, 5.41) is 0. The highest BCUT2D eigenvalue weighted by Crippen LogP contribution is 2.43. The highest BCUT2D eigenvalue weighted by molar-refractivity contribution is 7.47. The maximum atomic E-state index is 12.5. The first-order valence-corrected chi connectivity index (χ1v) is 21.6. The van der Waals surface area contributed by atoms with Crippen LogP contribution in [0.5, 0.6) is 0 Å². The number of allylic oxidation sites excluding steroid dienone is 8. The number of hydrogen-bond donors (Lipinski definition) is 2. The number of esters is 1. The Balaban J connectivity index is 4.08. The summed E-state index contributed by atoms with van der Waals surface area (Å²) in [5.41, 5.74) is 5.36. The topological polar surface area (TPSA) is 117 Å². The molecule has 0 radical (unpaired) electrons. The number of rotatable bonds is 38. The molecule has 0 aromatic carbocycles. The van der Waals surface area contributed by atoms with Crippen LogP contribution in [0.15, 0.2) is 48.6 Å². The lowest BCUT2D eigenvalue weighted by molar-refractivity contribution is -0.154. The molecule has 0 bridgehead atoms. The second-order valence-corrected chi connectivity index (χ2v) is 14.6. The molecule has 0 rings (SSSR count). The van der Waals surface area contributed by atoms with Crippen LogP contribution in [0.25, 0.3) is 0 Å². The Kier molecular flexibility index (Phi) is 37.5. The van der Waals surface area contributed by atoms with Crippen molar-refractivity contribution in [3.63, 3.8) is 0 Å². The molecule has 50 heavy (non-hydrogen) atoms. The number of unbranched alkanes of at least 4 members (excludes halogenated alkanes) is 17. The van der Waals surface area contributed by atoms with Crippen LogP contribution in [0, 0.1) is 0 Å². The van der Waals surface area contributed by atoms with E-state index in [2.05, 4.69) is 62.5 Å². The molecule has 8 nitrogen and oxygen atoms in total. The summed E-state index contributed by atoms with van der Waals surface area (Å²) in [6, 6.07) is 0. The van der Waals surface area contributed by atoms with Gasteiger partial charge in [0.15, 0.2) is 0 Å². The number of ether oxygens (including phenoxy) is 2. The Hall–Kier alpha value is -1.54. The molecule has 2 atom stereocenters. The van der Waals surface area contributed by atoms with Crippen molar-refractivity contribution in [3.05, 3.63) is 48.6 Å². The van der Waals surface area contributed by atoms with Gasteiger partial charge in [-0.15, -0.1) is 0 Å². The zero-order valence-electron chi connectivity index (χ0n) is 32.1. The number of phosphoric acid groups is 1. The minimum atomic E-state index is -4.28. The van der Waals surface area contributed by atoms with E-state index < -0.39 is 13.9 Å². The van der Waals surface area contributed by atoms with Crippen molar-refractivity contribution < 1.29 is 32.8 Å². The van der Waals surface area contributed by atoms with E-state index in [9.17, 15) is 14.3 Å². The molecular formula is C41H76NO7P. The predicted molar refractivity (Wildman–Crippen MR) is 210 cm³/mol. The van der Waals surface area contributed by atoms with Gasteiger partial charge < -0.3 is 20.1 Å². The second-order valence-electron chi connectivity index (χ2n) is 13.1. The van der Waals surface area contributed by atoms with Gasteiger partial charge in [0.2, 0.25) is 0 Å². The molecule has 0 amide bonds. The van der Waals surface area contributed by atoms with Gasteiger partial charge in [-0.25, -0.2) is 4.57 Å². The normalized spacial score (nSPS) is 14.1. The number of carbonyl (C=O) groups is 1. The number of hydrogen-bond acceptors (Lipinski definition) is 7. The van der Waals surface area contributed by atoms with Crippen LogP contribution < -0.4 is 5.73 Å². The second kappa shape index (κ2) is 38.7. The monoisotopic (exact) mass is 726 g/mol. The van der Waals surface area contributed by atoms with Gasteiger partial charge in [-0.2, -0.15) is 0 Å². The highest BCUT2D eigenvalue weighted by atomic mass is 31.2. The number of nitrogens with two attached hydrogens (primary N) is 1. The van der Waals surface area contributed by atoms with Crippen molar-refractivity contribution in [2.75, 3.05) is 33.0 Å². The first-order chi connectivity index (χ1) is 24.4. The smallest absolute Gasteiger partial charge is 0.457 e. The van der Waals surface area contributed by atoms with E-state index >= 15 is 0 Å². The third-order valence-corrected chi connectivity index (χ3v) is 9.24. The molecule has 0 aliphatic rings. The molecule has 0 saturated carbocycles. The summed E-state index contributed by atoms with van der Waals surface area (Å²) < 4.78 is 33.3. The molecule has 0 aliphatic carbocycles. The molecule has 0 fully saturated rings. The first kappa shape index (κ1) is 48.5. The van der Waals surface area contributed by atoms with Gasteiger partial charge in [-0.05, 0) is 51.4 Å². The average molecular weight is 726 g/mol. The fourth-order valence-corrected chi connectivity index (χ4v) is 6.11. The third kappa shape index (κ3) is 37.7. The van der Waals surface area contributed by atoms with Crippen LogP contribution in [-0.2, 0) is 27.9 Å². The standard InChI is InChI=1S/C41H76NO7P/c1-3-5-7-9-11-13-15-17-18-19-20-21-22-23-24-26-28-30-32-34-41(43)49-40(39-48-50(44,45)47-37-35-42)38-46-36-33-31-29-27-25-16-14-12-10-8-6-4-2/h5,7,11,13,17-18,20-21,40H,3-4,6,8-10,12,14-16,19,22-39,42H2,1-2H3,(H,44,45)/b7-5-,13-11-,18-17-,21-20-. The van der Waals surface area contributed by atoms with Gasteiger partial charge in [-0.3, -0.25) is 13.8 Å². The highest BCUT2D eigenvalue weighted by Gasteiger charge is 2.25. The first-order valence-electron chi connectivity index (χ1n) is 20.1. The van der Waals surface area contributed by atoms with Gasteiger partial charge in [0.05, 0.1) is 19.8 Å². The molecular weight excluding hydrogens is 649 g/mol. The number of carbonyl (C=O) groups excluding carboxylic acids is 1. The minimum Gasteiger partial charge on any atom is -0.457 e. The average Bonchev–Trinajstić information content (AvgIpc) is 3.10. The van der Waals surface area contributed by atoms with Crippen molar-refractivity contribution in [3.8, 4) is 0 Å². The Labute approximate surface area is 307 Å². The van der Waals surface area contributed by atoms with Crippen LogP contribution in [0.3, 0.4) is 0 Å². The van der Waals surface area contributed by atoms with E-state index in [0.717, 1.165) is 70.6 Å². The van der Waals surface area contributed by atoms with Crippen molar-refractivity contribution in [1.29, 1.82) is 0 Å². The summed E-state index contributed by atoms with van der Waals surface area (Å²) in [7, 11) is -4.28. The lowest BCUT2D eigenvalue weighted by Crippen LogP contribution is -2.28. The maximum Gasteiger partial charge on any atom is 0.472 e. The molecule has 0 saturated heterocycles. The lowest BCUT2D eigenvalue weighted by atomic mass is 10.1. The molecule has 0 aliphatic heterocycles. The summed E-state index contributed by atoms with van der Waals surface area (Å²) >= 11 is 0. The van der Waals surface area contributed by atoms with Gasteiger partial charge in [0.25, 0.3) is 0 Å². The van der Waals surface area contributed by atoms with Gasteiger partial charge >= 0.3 is 13.8 Å². The zero-order chi connectivity index (χ0) is 36.6. The van der Waals surface area contributed by atoms with Crippen molar-refractivity contribution >= 4 is 13.8 Å². The van der Waals surface area contributed by atoms with E-state index in [0.29, 0.717) is 13.0 Å². The molecule has 292 valence electrons. The van der Waals surface area contributed by atoms with Crippen molar-refractivity contribution in [2.45, 2.75) is 174 Å². The van der Waals surface area contributed by atoms with Crippen molar-refractivity contribution in [1.82, 2.24) is 0 Å². The van der Waals surface area contributed by atoms with Crippen LogP contribution in [0.4, 0.5) is 0 Å². The number of phosphoric ester groups is 1. The molecule has 0 heterocycles. The van der Waals surface area contributed by atoms with Crippen molar-refractivity contribution in [2.24, 2.45) is 5.73 Å². The Morgan fingerprint density at radius 3 is 1.68 bits per heavy atom. The van der Waals surface area contributed by atoms with Crippen LogP contribution in [0.1, 0.15) is 168 Å². The van der Waals surface area contributed by atoms with Crippen LogP contribution in [-0.4, -0.2) is 49.9 Å². The van der Waals surface area contributed by atoms with E-state index in [1.54, 1.807) is 0 Å². The summed E-state index contributed by atoms with van der Waals surface area (Å²) in [6.45, 7) is 4.79. The molecule has 9 heteroatoms. The van der Waals surface area contributed by atoms with Crippen LogP contribution in [0.2, 0.25) is 0 Å². The van der Waals surface area contributed by atoms with E-state index in [-0.39, 0.29) is 32.3 Å². The third-order valence-electron chi connectivity index (χ3n) is 8.26. The largest absolute Gasteiger partial charge is 0.472 e. The zero-order valence-corrected chi connectivity index (χ0v) is 33.0. The quantitative estimate of drug-likeness (QED) is 0.0279. The summed E-state index contributed by atoms with van der Waals surface area (Å²) in [5.74, 6) is -0.345. The SMILES string of the molecule is CC/C=C\C/C=C\C/C=C\C/C=C\CCCCCCCCC(=O)OC(COCCCCCCCCCCCCCC)COP(=O)(O)OCCN. The molecule has 0 spiro atoms. The Bertz CT molecular complexity index is 905. The van der Waals surface area contributed by atoms with E-state index in [1.165, 1.54) is 77.0 Å².